The van der Waals surface area contributed by atoms with Crippen molar-refractivity contribution in [1.29, 1.82) is 0 Å². The standard InChI is InChI=1S/C17H26BrNO/c1-13-3-5-14(6-4-13)9-10-19-12-15-11-16(20-2)7-8-17(15)18/h7-8,11,13-14,19H,3-6,9-10,12H2,1-2H3. The van der Waals surface area contributed by atoms with E-state index >= 15 is 0 Å². The highest BCUT2D eigenvalue weighted by molar-refractivity contribution is 9.10. The van der Waals surface area contributed by atoms with Crippen LogP contribution >= 0.6 is 15.9 Å². The summed E-state index contributed by atoms with van der Waals surface area (Å²) in [6.45, 7) is 4.40. The van der Waals surface area contributed by atoms with E-state index in [1.165, 1.54) is 37.7 Å². The largest absolute Gasteiger partial charge is 0.497 e. The third kappa shape index (κ3) is 4.78. The number of nitrogens with one attached hydrogen (secondary N) is 1. The molecule has 1 aliphatic rings. The van der Waals surface area contributed by atoms with E-state index in [4.69, 9.17) is 4.74 Å². The molecule has 20 heavy (non-hydrogen) atoms. The van der Waals surface area contributed by atoms with Crippen LogP contribution in [0.4, 0.5) is 0 Å². The second-order valence-corrected chi connectivity index (χ2v) is 6.90. The summed E-state index contributed by atoms with van der Waals surface area (Å²) < 4.78 is 6.42. The normalized spacial score (nSPS) is 22.8. The Morgan fingerprint density at radius 1 is 1.25 bits per heavy atom. The Hall–Kier alpha value is -0.540. The third-order valence-electron chi connectivity index (χ3n) is 4.43. The van der Waals surface area contributed by atoms with Crippen molar-refractivity contribution >= 4 is 15.9 Å². The Labute approximate surface area is 131 Å². The molecule has 0 aromatic heterocycles. The predicted octanol–water partition coefficient (Wildman–Crippen LogP) is 4.76. The summed E-state index contributed by atoms with van der Waals surface area (Å²) in [5, 5.41) is 3.57. The van der Waals surface area contributed by atoms with Gasteiger partial charge in [-0.15, -0.1) is 0 Å². The molecule has 2 nitrogen and oxygen atoms in total. The molecule has 1 saturated carbocycles. The summed E-state index contributed by atoms with van der Waals surface area (Å²) in [6, 6.07) is 6.13. The summed E-state index contributed by atoms with van der Waals surface area (Å²) in [7, 11) is 1.71. The number of halogens is 1. The van der Waals surface area contributed by atoms with Crippen LogP contribution in [0.1, 0.15) is 44.6 Å². The second kappa shape index (κ2) is 8.04. The number of rotatable bonds is 6. The Bertz CT molecular complexity index is 413. The van der Waals surface area contributed by atoms with Gasteiger partial charge in [0.15, 0.2) is 0 Å². The van der Waals surface area contributed by atoms with E-state index in [0.717, 1.165) is 35.1 Å². The van der Waals surface area contributed by atoms with Crippen LogP contribution in [0.3, 0.4) is 0 Å². The average Bonchev–Trinajstić information content (AvgIpc) is 2.47. The summed E-state index contributed by atoms with van der Waals surface area (Å²) in [5.74, 6) is 2.81. The van der Waals surface area contributed by atoms with Gasteiger partial charge in [-0.1, -0.05) is 48.5 Å². The molecular weight excluding hydrogens is 314 g/mol. The lowest BCUT2D eigenvalue weighted by Gasteiger charge is -2.26. The smallest absolute Gasteiger partial charge is 0.119 e. The zero-order valence-electron chi connectivity index (χ0n) is 12.6. The molecule has 1 aromatic rings. The van der Waals surface area contributed by atoms with Crippen molar-refractivity contribution in [3.05, 3.63) is 28.2 Å². The third-order valence-corrected chi connectivity index (χ3v) is 5.21. The number of hydrogen-bond donors (Lipinski definition) is 1. The summed E-state index contributed by atoms with van der Waals surface area (Å²) in [6.07, 6.45) is 7.00. The molecule has 1 aromatic carbocycles. The van der Waals surface area contributed by atoms with Crippen LogP contribution in [0.25, 0.3) is 0 Å². The Kier molecular flexibility index (Phi) is 6.37. The van der Waals surface area contributed by atoms with E-state index in [2.05, 4.69) is 40.3 Å². The van der Waals surface area contributed by atoms with Crippen LogP contribution in [0.2, 0.25) is 0 Å². The van der Waals surface area contributed by atoms with Gasteiger partial charge in [0, 0.05) is 11.0 Å². The maximum absolute atomic E-state index is 5.27. The average molecular weight is 340 g/mol. The molecule has 0 atom stereocenters. The fraction of sp³-hybridized carbons (Fsp3) is 0.647. The van der Waals surface area contributed by atoms with E-state index in [-0.39, 0.29) is 0 Å². The van der Waals surface area contributed by atoms with E-state index in [1.54, 1.807) is 7.11 Å². The maximum Gasteiger partial charge on any atom is 0.119 e. The monoisotopic (exact) mass is 339 g/mol. The first-order valence-corrected chi connectivity index (χ1v) is 8.51. The molecule has 1 N–H and O–H groups in total. The van der Waals surface area contributed by atoms with Crippen LogP contribution < -0.4 is 10.1 Å². The van der Waals surface area contributed by atoms with Crippen molar-refractivity contribution in [3.63, 3.8) is 0 Å². The predicted molar refractivity (Wildman–Crippen MR) is 88.1 cm³/mol. The van der Waals surface area contributed by atoms with Gasteiger partial charge < -0.3 is 10.1 Å². The number of methoxy groups -OCH3 is 1. The molecule has 1 fully saturated rings. The minimum atomic E-state index is 0.904. The van der Waals surface area contributed by atoms with Gasteiger partial charge in [0.1, 0.15) is 5.75 Å². The van der Waals surface area contributed by atoms with Crippen molar-refractivity contribution in [3.8, 4) is 5.75 Å². The van der Waals surface area contributed by atoms with Crippen LogP contribution in [-0.2, 0) is 6.54 Å². The molecule has 0 saturated heterocycles. The first kappa shape index (κ1) is 15.8. The minimum absolute atomic E-state index is 0.904. The molecule has 2 rings (SSSR count). The fourth-order valence-corrected chi connectivity index (χ4v) is 3.35. The van der Waals surface area contributed by atoms with Crippen LogP contribution in [-0.4, -0.2) is 13.7 Å². The number of ether oxygens (including phenoxy) is 1. The Morgan fingerprint density at radius 3 is 2.70 bits per heavy atom. The Balaban J connectivity index is 1.70. The lowest BCUT2D eigenvalue weighted by atomic mass is 9.81. The molecule has 0 heterocycles. The van der Waals surface area contributed by atoms with Gasteiger partial charge in [-0.2, -0.15) is 0 Å². The molecular formula is C17H26BrNO. The van der Waals surface area contributed by atoms with Crippen molar-refractivity contribution in [2.45, 2.75) is 45.6 Å². The van der Waals surface area contributed by atoms with Crippen molar-refractivity contribution < 1.29 is 4.74 Å². The molecule has 0 aliphatic heterocycles. The molecule has 112 valence electrons. The highest BCUT2D eigenvalue weighted by Gasteiger charge is 2.17. The summed E-state index contributed by atoms with van der Waals surface area (Å²) >= 11 is 3.60. The van der Waals surface area contributed by atoms with Gasteiger partial charge in [-0.3, -0.25) is 0 Å². The molecule has 3 heteroatoms. The Morgan fingerprint density at radius 2 is 2.00 bits per heavy atom. The van der Waals surface area contributed by atoms with E-state index in [0.29, 0.717) is 0 Å². The highest BCUT2D eigenvalue weighted by Crippen LogP contribution is 2.30. The molecule has 0 radical (unpaired) electrons. The zero-order valence-corrected chi connectivity index (χ0v) is 14.2. The van der Waals surface area contributed by atoms with Gasteiger partial charge in [0.2, 0.25) is 0 Å². The van der Waals surface area contributed by atoms with Crippen LogP contribution in [0, 0.1) is 11.8 Å². The first-order valence-electron chi connectivity index (χ1n) is 7.72. The minimum Gasteiger partial charge on any atom is -0.497 e. The maximum atomic E-state index is 5.27. The van der Waals surface area contributed by atoms with E-state index in [1.807, 2.05) is 6.07 Å². The topological polar surface area (TPSA) is 21.3 Å². The van der Waals surface area contributed by atoms with Crippen molar-refractivity contribution in [2.75, 3.05) is 13.7 Å². The molecule has 0 bridgehead atoms. The lowest BCUT2D eigenvalue weighted by Crippen LogP contribution is -2.20. The second-order valence-electron chi connectivity index (χ2n) is 6.05. The van der Waals surface area contributed by atoms with Gasteiger partial charge in [-0.05, 0) is 48.6 Å². The molecule has 0 unspecified atom stereocenters. The summed E-state index contributed by atoms with van der Waals surface area (Å²) in [4.78, 5) is 0. The summed E-state index contributed by atoms with van der Waals surface area (Å²) in [5.41, 5.74) is 1.27. The van der Waals surface area contributed by atoms with Gasteiger partial charge in [0.05, 0.1) is 7.11 Å². The van der Waals surface area contributed by atoms with E-state index in [9.17, 15) is 0 Å². The SMILES string of the molecule is COc1ccc(Br)c(CNCCC2CCC(C)CC2)c1. The molecule has 1 aliphatic carbocycles. The van der Waals surface area contributed by atoms with Crippen molar-refractivity contribution in [2.24, 2.45) is 11.8 Å². The fourth-order valence-electron chi connectivity index (χ4n) is 2.96. The molecule has 0 spiro atoms. The number of hydrogen-bond acceptors (Lipinski definition) is 2. The van der Waals surface area contributed by atoms with E-state index < -0.39 is 0 Å². The lowest BCUT2D eigenvalue weighted by molar-refractivity contribution is 0.275. The van der Waals surface area contributed by atoms with Crippen LogP contribution in [0.15, 0.2) is 22.7 Å². The first-order chi connectivity index (χ1) is 9.69. The highest BCUT2D eigenvalue weighted by atomic mass is 79.9. The molecule has 0 amide bonds. The van der Waals surface area contributed by atoms with Gasteiger partial charge in [0.25, 0.3) is 0 Å². The van der Waals surface area contributed by atoms with Gasteiger partial charge >= 0.3 is 0 Å². The zero-order chi connectivity index (χ0) is 14.4. The van der Waals surface area contributed by atoms with Crippen LogP contribution in [0.5, 0.6) is 5.75 Å². The quantitative estimate of drug-likeness (QED) is 0.754. The number of benzene rings is 1. The van der Waals surface area contributed by atoms with Crippen molar-refractivity contribution in [1.82, 2.24) is 5.32 Å². The van der Waals surface area contributed by atoms with Gasteiger partial charge in [-0.25, -0.2) is 0 Å².